The molecule has 0 unspecified atom stereocenters. The van der Waals surface area contributed by atoms with Gasteiger partial charge in [0.05, 0.1) is 15.7 Å². The zero-order valence-electron chi connectivity index (χ0n) is 17.5. The van der Waals surface area contributed by atoms with E-state index in [4.69, 9.17) is 4.52 Å². The Hall–Kier alpha value is -2.63. The molecule has 1 saturated heterocycles. The molecule has 2 aliphatic rings. The maximum Gasteiger partial charge on any atom is 0.244 e. The Bertz CT molecular complexity index is 1230. The number of nitrogens with zero attached hydrogens (tertiary/aromatic N) is 4. The maximum absolute atomic E-state index is 13.4. The van der Waals surface area contributed by atoms with Crippen LogP contribution >= 0.6 is 11.3 Å². The van der Waals surface area contributed by atoms with Crippen molar-refractivity contribution in [2.24, 2.45) is 5.92 Å². The van der Waals surface area contributed by atoms with Crippen LogP contribution in [0.1, 0.15) is 42.4 Å². The number of carbonyl (C=O) groups is 1. The number of hydrogen-bond donors (Lipinski definition) is 1. The third kappa shape index (κ3) is 4.19. The van der Waals surface area contributed by atoms with Crippen LogP contribution in [0.5, 0.6) is 0 Å². The maximum atomic E-state index is 13.4. The number of aryl methyl sites for hydroxylation is 1. The number of rotatable bonds is 6. The van der Waals surface area contributed by atoms with E-state index in [0.717, 1.165) is 12.8 Å². The number of nitrogens with one attached hydrogen (secondary N) is 1. The predicted octanol–water partition coefficient (Wildman–Crippen LogP) is 3.42. The number of anilines is 1. The Balaban J connectivity index is 1.33. The number of hydrogen-bond acceptors (Lipinski definition) is 8. The van der Waals surface area contributed by atoms with Crippen LogP contribution in [0.15, 0.2) is 39.9 Å². The number of carbonyl (C=O) groups excluding carboxylic acids is 1. The van der Waals surface area contributed by atoms with Crippen molar-refractivity contribution < 1.29 is 17.7 Å². The van der Waals surface area contributed by atoms with Gasteiger partial charge in [0.1, 0.15) is 5.82 Å². The number of sulfonamides is 1. The third-order valence-corrected chi connectivity index (χ3v) is 8.92. The molecule has 1 saturated carbocycles. The summed E-state index contributed by atoms with van der Waals surface area (Å²) >= 11 is 1.33. The van der Waals surface area contributed by atoms with Gasteiger partial charge < -0.3 is 9.84 Å². The zero-order valence-corrected chi connectivity index (χ0v) is 19.2. The van der Waals surface area contributed by atoms with Gasteiger partial charge in [-0.15, -0.1) is 11.3 Å². The van der Waals surface area contributed by atoms with E-state index in [2.05, 4.69) is 20.4 Å². The second-order valence-corrected chi connectivity index (χ2v) is 11.3. The SMILES string of the molecule is Cc1sc(-c2noc(C3CC3)n2)cc1S(=O)(=O)N1CCC[C@H](C(=O)Nc2ccccn2)C1. The molecule has 0 aromatic carbocycles. The fourth-order valence-corrected chi connectivity index (χ4v) is 6.85. The van der Waals surface area contributed by atoms with E-state index in [1.165, 1.54) is 15.6 Å². The Labute approximate surface area is 189 Å². The van der Waals surface area contributed by atoms with E-state index < -0.39 is 15.9 Å². The van der Waals surface area contributed by atoms with Crippen LogP contribution in [0.4, 0.5) is 5.82 Å². The highest BCUT2D eigenvalue weighted by Crippen LogP contribution is 2.41. The van der Waals surface area contributed by atoms with Gasteiger partial charge in [-0.3, -0.25) is 4.79 Å². The summed E-state index contributed by atoms with van der Waals surface area (Å²) in [4.78, 5) is 22.8. The van der Waals surface area contributed by atoms with Crippen LogP contribution in [0, 0.1) is 12.8 Å². The summed E-state index contributed by atoms with van der Waals surface area (Å²) < 4.78 is 33.6. The van der Waals surface area contributed by atoms with Crippen LogP contribution in [0.2, 0.25) is 0 Å². The Morgan fingerprint density at radius 2 is 2.12 bits per heavy atom. The first kappa shape index (κ1) is 21.2. The average molecular weight is 474 g/mol. The molecule has 0 bridgehead atoms. The summed E-state index contributed by atoms with van der Waals surface area (Å²) in [5, 5.41) is 6.81. The summed E-state index contributed by atoms with van der Waals surface area (Å²) in [6.07, 6.45) is 4.95. The minimum absolute atomic E-state index is 0.139. The minimum atomic E-state index is -3.75. The second kappa shape index (κ2) is 8.38. The molecule has 32 heavy (non-hydrogen) atoms. The molecule has 3 aromatic heterocycles. The summed E-state index contributed by atoms with van der Waals surface area (Å²) in [7, 11) is -3.75. The molecule has 1 amide bonds. The first-order valence-electron chi connectivity index (χ1n) is 10.6. The van der Waals surface area contributed by atoms with Gasteiger partial charge in [-0.2, -0.15) is 9.29 Å². The van der Waals surface area contributed by atoms with E-state index >= 15 is 0 Å². The largest absolute Gasteiger partial charge is 0.339 e. The number of amides is 1. The van der Waals surface area contributed by atoms with Crippen LogP contribution in [-0.4, -0.2) is 46.8 Å². The van der Waals surface area contributed by atoms with Crippen molar-refractivity contribution in [3.63, 3.8) is 0 Å². The van der Waals surface area contributed by atoms with Crippen molar-refractivity contribution in [2.75, 3.05) is 18.4 Å². The van der Waals surface area contributed by atoms with Gasteiger partial charge in [0.15, 0.2) is 0 Å². The van der Waals surface area contributed by atoms with Gasteiger partial charge in [0.2, 0.25) is 27.6 Å². The smallest absolute Gasteiger partial charge is 0.244 e. The molecule has 168 valence electrons. The van der Waals surface area contributed by atoms with Gasteiger partial charge in [-0.05, 0) is 50.8 Å². The molecule has 1 aliphatic heterocycles. The first-order chi connectivity index (χ1) is 15.4. The summed E-state index contributed by atoms with van der Waals surface area (Å²) in [5.41, 5.74) is 0. The topological polar surface area (TPSA) is 118 Å². The predicted molar refractivity (Wildman–Crippen MR) is 119 cm³/mol. The number of thiophene rings is 1. The molecule has 4 heterocycles. The van der Waals surface area contributed by atoms with Crippen LogP contribution in [0.3, 0.4) is 0 Å². The Kier molecular flexibility index (Phi) is 5.56. The molecular weight excluding hydrogens is 450 g/mol. The van der Waals surface area contributed by atoms with Crippen molar-refractivity contribution in [1.82, 2.24) is 19.4 Å². The lowest BCUT2D eigenvalue weighted by molar-refractivity contribution is -0.120. The van der Waals surface area contributed by atoms with Gasteiger partial charge in [-0.25, -0.2) is 13.4 Å². The highest BCUT2D eigenvalue weighted by Gasteiger charge is 2.36. The molecular formula is C21H23N5O4S2. The Morgan fingerprint density at radius 1 is 1.28 bits per heavy atom. The second-order valence-electron chi connectivity index (χ2n) is 8.17. The molecule has 0 spiro atoms. The summed E-state index contributed by atoms with van der Waals surface area (Å²) in [6.45, 7) is 2.30. The molecule has 2 fully saturated rings. The molecule has 1 N–H and O–H groups in total. The molecule has 0 radical (unpaired) electrons. The highest BCUT2D eigenvalue weighted by atomic mass is 32.2. The van der Waals surface area contributed by atoms with Crippen LogP contribution in [-0.2, 0) is 14.8 Å². The van der Waals surface area contributed by atoms with E-state index in [9.17, 15) is 13.2 Å². The molecule has 5 rings (SSSR count). The van der Waals surface area contributed by atoms with Gasteiger partial charge in [-0.1, -0.05) is 11.2 Å². The van der Waals surface area contributed by atoms with Crippen molar-refractivity contribution in [3.05, 3.63) is 41.2 Å². The van der Waals surface area contributed by atoms with Crippen LogP contribution < -0.4 is 5.32 Å². The average Bonchev–Trinajstić information content (AvgIpc) is 3.39. The summed E-state index contributed by atoms with van der Waals surface area (Å²) in [6, 6.07) is 6.88. The van der Waals surface area contributed by atoms with Crippen molar-refractivity contribution in [1.29, 1.82) is 0 Å². The fraction of sp³-hybridized carbons (Fsp3) is 0.429. The van der Waals surface area contributed by atoms with E-state index in [1.807, 2.05) is 0 Å². The van der Waals surface area contributed by atoms with Crippen molar-refractivity contribution in [3.8, 4) is 10.7 Å². The zero-order chi connectivity index (χ0) is 22.3. The monoisotopic (exact) mass is 473 g/mol. The lowest BCUT2D eigenvalue weighted by atomic mass is 9.99. The third-order valence-electron chi connectivity index (χ3n) is 5.75. The quantitative estimate of drug-likeness (QED) is 0.583. The number of aromatic nitrogens is 3. The molecule has 1 atom stereocenters. The standard InChI is InChI=1S/C21H23N5O4S2/c1-13-17(11-16(31-13)19-24-21(30-25-19)14-7-8-14)32(28,29)26-10-4-5-15(12-26)20(27)23-18-6-2-3-9-22-18/h2-3,6,9,11,14-15H,4-5,7-8,10,12H2,1H3,(H,22,23,27)/t15-/m0/s1. The van der Waals surface area contributed by atoms with Crippen molar-refractivity contribution in [2.45, 2.75) is 43.4 Å². The Morgan fingerprint density at radius 3 is 2.88 bits per heavy atom. The molecule has 9 nitrogen and oxygen atoms in total. The van der Waals surface area contributed by atoms with Gasteiger partial charge in [0.25, 0.3) is 0 Å². The summed E-state index contributed by atoms with van der Waals surface area (Å²) in [5.74, 6) is 1.19. The lowest BCUT2D eigenvalue weighted by Crippen LogP contribution is -2.43. The molecule has 11 heteroatoms. The molecule has 1 aliphatic carbocycles. The number of piperidine rings is 1. The van der Waals surface area contributed by atoms with E-state index in [0.29, 0.717) is 52.6 Å². The number of pyridine rings is 1. The molecule has 3 aromatic rings. The lowest BCUT2D eigenvalue weighted by Gasteiger charge is -2.31. The normalized spacial score (nSPS) is 19.7. The van der Waals surface area contributed by atoms with Crippen LogP contribution in [0.25, 0.3) is 10.7 Å². The van der Waals surface area contributed by atoms with Gasteiger partial charge in [0, 0.05) is 30.1 Å². The minimum Gasteiger partial charge on any atom is -0.339 e. The fourth-order valence-electron chi connectivity index (χ4n) is 3.84. The van der Waals surface area contributed by atoms with E-state index in [-0.39, 0.29) is 17.3 Å². The van der Waals surface area contributed by atoms with Gasteiger partial charge >= 0.3 is 0 Å². The van der Waals surface area contributed by atoms with Crippen molar-refractivity contribution >= 4 is 33.1 Å². The van der Waals surface area contributed by atoms with E-state index in [1.54, 1.807) is 37.4 Å². The highest BCUT2D eigenvalue weighted by molar-refractivity contribution is 7.89. The first-order valence-corrected chi connectivity index (χ1v) is 12.8.